The van der Waals surface area contributed by atoms with Gasteiger partial charge in [-0.2, -0.15) is 0 Å². The van der Waals surface area contributed by atoms with E-state index in [1.54, 1.807) is 12.3 Å². The Labute approximate surface area is 186 Å². The standard InChI is InChI=1S/C23H28ClN5O2/c1-29-9-6-16(7-10-29)12-25-13-20-22-19(5-8-26-20)23(30)28-21(27-22)15-31-14-17-3-2-4-18(24)11-17/h2-5,8,11,16,25H,6-7,9-10,12-15H2,1H3,(H,27,28,30). The first-order chi connectivity index (χ1) is 15.1. The summed E-state index contributed by atoms with van der Waals surface area (Å²) in [6, 6.07) is 9.21. The number of benzene rings is 1. The van der Waals surface area contributed by atoms with Crippen LogP contribution < -0.4 is 10.9 Å². The second-order valence-electron chi connectivity index (χ2n) is 8.17. The third-order valence-electron chi connectivity index (χ3n) is 5.71. The summed E-state index contributed by atoms with van der Waals surface area (Å²) in [6.07, 6.45) is 4.08. The van der Waals surface area contributed by atoms with Crippen LogP contribution in [0.1, 0.15) is 29.9 Å². The van der Waals surface area contributed by atoms with Crippen molar-refractivity contribution < 1.29 is 4.74 Å². The van der Waals surface area contributed by atoms with Crippen LogP contribution in [0.25, 0.3) is 10.9 Å². The van der Waals surface area contributed by atoms with E-state index in [9.17, 15) is 4.79 Å². The number of nitrogens with zero attached hydrogens (tertiary/aromatic N) is 3. The van der Waals surface area contributed by atoms with E-state index in [2.05, 4.69) is 32.2 Å². The molecule has 7 nitrogen and oxygen atoms in total. The van der Waals surface area contributed by atoms with Crippen molar-refractivity contribution >= 4 is 22.5 Å². The average molecular weight is 442 g/mol. The van der Waals surface area contributed by atoms with Gasteiger partial charge in [0.15, 0.2) is 0 Å². The Morgan fingerprint density at radius 3 is 2.90 bits per heavy atom. The van der Waals surface area contributed by atoms with Crippen molar-refractivity contribution in [2.45, 2.75) is 32.6 Å². The molecule has 2 N–H and O–H groups in total. The van der Waals surface area contributed by atoms with Crippen LogP contribution in [-0.4, -0.2) is 46.5 Å². The van der Waals surface area contributed by atoms with Crippen LogP contribution in [0.3, 0.4) is 0 Å². The molecule has 3 aromatic rings. The molecule has 1 aromatic carbocycles. The van der Waals surface area contributed by atoms with Gasteiger partial charge in [-0.15, -0.1) is 0 Å². The van der Waals surface area contributed by atoms with Gasteiger partial charge in [0.05, 0.1) is 17.7 Å². The van der Waals surface area contributed by atoms with Crippen LogP contribution in [0, 0.1) is 5.92 Å². The van der Waals surface area contributed by atoms with Crippen molar-refractivity contribution in [1.29, 1.82) is 0 Å². The van der Waals surface area contributed by atoms with Crippen molar-refractivity contribution in [3.8, 4) is 0 Å². The normalized spacial score (nSPS) is 15.5. The summed E-state index contributed by atoms with van der Waals surface area (Å²) in [5.74, 6) is 1.17. The van der Waals surface area contributed by atoms with E-state index in [4.69, 9.17) is 16.3 Å². The Morgan fingerprint density at radius 1 is 1.26 bits per heavy atom. The highest BCUT2D eigenvalue weighted by Crippen LogP contribution is 2.16. The zero-order valence-corrected chi connectivity index (χ0v) is 18.5. The topological polar surface area (TPSA) is 83.1 Å². The number of ether oxygens (including phenoxy) is 1. The van der Waals surface area contributed by atoms with Crippen molar-refractivity contribution in [3.63, 3.8) is 0 Å². The summed E-state index contributed by atoms with van der Waals surface area (Å²) in [7, 11) is 2.17. The molecule has 8 heteroatoms. The van der Waals surface area contributed by atoms with Crippen LogP contribution >= 0.6 is 11.6 Å². The molecule has 0 aliphatic carbocycles. The van der Waals surface area contributed by atoms with Gasteiger partial charge < -0.3 is 19.9 Å². The maximum Gasteiger partial charge on any atom is 0.258 e. The van der Waals surface area contributed by atoms with Gasteiger partial charge >= 0.3 is 0 Å². The van der Waals surface area contributed by atoms with Gasteiger partial charge in [0.25, 0.3) is 5.56 Å². The number of rotatable bonds is 8. The summed E-state index contributed by atoms with van der Waals surface area (Å²) in [6.45, 7) is 4.42. The first kappa shape index (κ1) is 21.9. The Bertz CT molecular complexity index is 1080. The minimum Gasteiger partial charge on any atom is -0.369 e. The number of pyridine rings is 1. The molecule has 0 spiro atoms. The van der Waals surface area contributed by atoms with E-state index in [1.807, 2.05) is 24.3 Å². The van der Waals surface area contributed by atoms with Crippen molar-refractivity contribution in [1.82, 2.24) is 25.2 Å². The van der Waals surface area contributed by atoms with Crippen LogP contribution in [0.2, 0.25) is 5.02 Å². The molecule has 1 aliphatic heterocycles. The molecule has 31 heavy (non-hydrogen) atoms. The zero-order valence-electron chi connectivity index (χ0n) is 17.7. The maximum absolute atomic E-state index is 12.6. The average Bonchev–Trinajstić information content (AvgIpc) is 2.76. The highest BCUT2D eigenvalue weighted by molar-refractivity contribution is 6.30. The molecule has 1 saturated heterocycles. The molecule has 1 aliphatic rings. The van der Waals surface area contributed by atoms with Crippen molar-refractivity contribution in [2.24, 2.45) is 5.92 Å². The van der Waals surface area contributed by atoms with Crippen LogP contribution in [-0.2, 0) is 24.5 Å². The van der Waals surface area contributed by atoms with E-state index in [0.29, 0.717) is 40.8 Å². The van der Waals surface area contributed by atoms with Crippen LogP contribution in [0.4, 0.5) is 0 Å². The van der Waals surface area contributed by atoms with Gasteiger partial charge in [-0.05, 0) is 69.2 Å². The Morgan fingerprint density at radius 2 is 2.10 bits per heavy atom. The monoisotopic (exact) mass is 441 g/mol. The molecular formula is C23H28ClN5O2. The number of piperidine rings is 1. The van der Waals surface area contributed by atoms with Crippen LogP contribution in [0.15, 0.2) is 41.3 Å². The van der Waals surface area contributed by atoms with Crippen LogP contribution in [0.5, 0.6) is 0 Å². The molecule has 2 aromatic heterocycles. The molecule has 0 amide bonds. The Hall–Kier alpha value is -2.32. The summed E-state index contributed by atoms with van der Waals surface area (Å²) in [5, 5.41) is 4.72. The maximum atomic E-state index is 12.6. The third-order valence-corrected chi connectivity index (χ3v) is 5.94. The van der Waals surface area contributed by atoms with E-state index in [0.717, 1.165) is 30.9 Å². The van der Waals surface area contributed by atoms with E-state index in [1.165, 1.54) is 12.8 Å². The van der Waals surface area contributed by atoms with Gasteiger partial charge in [-0.1, -0.05) is 23.7 Å². The zero-order chi connectivity index (χ0) is 21.6. The number of H-pyrrole nitrogens is 1. The van der Waals surface area contributed by atoms with Gasteiger partial charge in [0.2, 0.25) is 0 Å². The number of hydrogen-bond acceptors (Lipinski definition) is 6. The van der Waals surface area contributed by atoms with Crippen molar-refractivity contribution in [2.75, 3.05) is 26.7 Å². The molecule has 0 radical (unpaired) electrons. The molecule has 164 valence electrons. The highest BCUT2D eigenvalue weighted by atomic mass is 35.5. The number of aromatic amines is 1. The fourth-order valence-electron chi connectivity index (χ4n) is 3.92. The Balaban J connectivity index is 1.41. The first-order valence-corrected chi connectivity index (χ1v) is 11.0. The number of likely N-dealkylation sites (tertiary alicyclic amines) is 1. The number of fused-ring (bicyclic) bond motifs is 1. The second-order valence-corrected chi connectivity index (χ2v) is 8.60. The predicted octanol–water partition coefficient (Wildman–Crippen LogP) is 3.12. The lowest BCUT2D eigenvalue weighted by atomic mass is 9.97. The minimum absolute atomic E-state index is 0.176. The minimum atomic E-state index is -0.176. The van der Waals surface area contributed by atoms with Crippen molar-refractivity contribution in [3.05, 3.63) is 69.0 Å². The lowest BCUT2D eigenvalue weighted by Gasteiger charge is -2.29. The predicted molar refractivity (Wildman–Crippen MR) is 122 cm³/mol. The van der Waals surface area contributed by atoms with E-state index in [-0.39, 0.29) is 12.2 Å². The Kier molecular flexibility index (Phi) is 7.29. The van der Waals surface area contributed by atoms with E-state index < -0.39 is 0 Å². The lowest BCUT2D eigenvalue weighted by molar-refractivity contribution is 0.102. The molecule has 0 unspecified atom stereocenters. The first-order valence-electron chi connectivity index (χ1n) is 10.7. The smallest absolute Gasteiger partial charge is 0.258 e. The largest absolute Gasteiger partial charge is 0.369 e. The molecule has 0 saturated carbocycles. The highest BCUT2D eigenvalue weighted by Gasteiger charge is 2.16. The molecule has 4 rings (SSSR count). The second kappa shape index (κ2) is 10.3. The van der Waals surface area contributed by atoms with Gasteiger partial charge in [0.1, 0.15) is 17.9 Å². The molecule has 3 heterocycles. The SMILES string of the molecule is CN1CCC(CNCc2nccc3c(=O)[nH]c(COCc4cccc(Cl)c4)nc23)CC1. The third kappa shape index (κ3) is 5.89. The van der Waals surface area contributed by atoms with Gasteiger partial charge in [-0.3, -0.25) is 9.78 Å². The lowest BCUT2D eigenvalue weighted by Crippen LogP contribution is -2.34. The number of hydrogen-bond donors (Lipinski definition) is 2. The molecule has 0 bridgehead atoms. The number of nitrogens with one attached hydrogen (secondary N) is 2. The summed E-state index contributed by atoms with van der Waals surface area (Å²) in [4.78, 5) is 26.9. The van der Waals surface area contributed by atoms with E-state index >= 15 is 0 Å². The number of halogens is 1. The quantitative estimate of drug-likeness (QED) is 0.558. The van der Waals surface area contributed by atoms with Gasteiger partial charge in [0, 0.05) is 17.8 Å². The fraction of sp³-hybridized carbons (Fsp3) is 0.435. The summed E-state index contributed by atoms with van der Waals surface area (Å²) in [5.41, 5.74) is 2.21. The molecular weight excluding hydrogens is 414 g/mol. The number of aromatic nitrogens is 3. The summed E-state index contributed by atoms with van der Waals surface area (Å²) < 4.78 is 5.74. The molecule has 1 fully saturated rings. The molecule has 0 atom stereocenters. The fourth-order valence-corrected chi connectivity index (χ4v) is 4.13. The van der Waals surface area contributed by atoms with Gasteiger partial charge in [-0.25, -0.2) is 4.98 Å². The summed E-state index contributed by atoms with van der Waals surface area (Å²) >= 11 is 6.01.